The monoisotopic (exact) mass is 464 g/mol. The normalized spacial score (nSPS) is 15.6. The first kappa shape index (κ1) is 23.0. The molecule has 0 saturated carbocycles. The maximum Gasteiger partial charge on any atom is 0.243 e. The Morgan fingerprint density at radius 2 is 1.70 bits per heavy atom. The van der Waals surface area contributed by atoms with E-state index in [0.29, 0.717) is 5.75 Å². The summed E-state index contributed by atoms with van der Waals surface area (Å²) in [4.78, 5) is 13.2. The van der Waals surface area contributed by atoms with Crippen molar-refractivity contribution in [3.05, 3.63) is 95.6 Å². The summed E-state index contributed by atoms with van der Waals surface area (Å²) in [5, 5.41) is 3.07. The first-order chi connectivity index (χ1) is 16.0. The summed E-state index contributed by atoms with van der Waals surface area (Å²) in [5.41, 5.74) is 3.16. The van der Waals surface area contributed by atoms with Gasteiger partial charge in [-0.15, -0.1) is 0 Å². The fourth-order valence-corrected chi connectivity index (χ4v) is 5.60. The Labute approximate surface area is 195 Å². The molecule has 1 N–H and O–H groups in total. The SMILES string of the molecule is COc1ccc(S(=O)(=O)N(CC(=O)N[C@H]2CCCc3ccccc32)Cc2ccccc2)cc1. The number of sulfonamides is 1. The van der Waals surface area contributed by atoms with E-state index in [4.69, 9.17) is 4.74 Å². The minimum atomic E-state index is -3.90. The van der Waals surface area contributed by atoms with Crippen molar-refractivity contribution in [2.45, 2.75) is 36.7 Å². The quantitative estimate of drug-likeness (QED) is 0.545. The minimum Gasteiger partial charge on any atom is -0.497 e. The van der Waals surface area contributed by atoms with Gasteiger partial charge in [-0.2, -0.15) is 4.31 Å². The van der Waals surface area contributed by atoms with E-state index in [1.54, 1.807) is 12.1 Å². The topological polar surface area (TPSA) is 75.7 Å². The van der Waals surface area contributed by atoms with E-state index in [1.807, 2.05) is 48.5 Å². The number of benzene rings is 3. The van der Waals surface area contributed by atoms with Gasteiger partial charge in [0.15, 0.2) is 0 Å². The van der Waals surface area contributed by atoms with Gasteiger partial charge in [0, 0.05) is 6.54 Å². The first-order valence-electron chi connectivity index (χ1n) is 11.0. The largest absolute Gasteiger partial charge is 0.497 e. The van der Waals surface area contributed by atoms with E-state index in [-0.39, 0.29) is 29.9 Å². The molecular weight excluding hydrogens is 436 g/mol. The second kappa shape index (κ2) is 10.2. The molecule has 1 aliphatic carbocycles. The molecule has 0 heterocycles. The van der Waals surface area contributed by atoms with Crippen LogP contribution in [0.2, 0.25) is 0 Å². The second-order valence-corrected chi connectivity index (χ2v) is 10.1. The number of carbonyl (C=O) groups is 1. The van der Waals surface area contributed by atoms with Crippen molar-refractivity contribution >= 4 is 15.9 Å². The van der Waals surface area contributed by atoms with Crippen LogP contribution in [0, 0.1) is 0 Å². The highest BCUT2D eigenvalue weighted by atomic mass is 32.2. The van der Waals surface area contributed by atoms with E-state index in [2.05, 4.69) is 11.4 Å². The molecule has 7 heteroatoms. The van der Waals surface area contributed by atoms with Gasteiger partial charge in [0.05, 0.1) is 24.6 Å². The zero-order valence-electron chi connectivity index (χ0n) is 18.6. The van der Waals surface area contributed by atoms with Crippen LogP contribution in [-0.2, 0) is 27.8 Å². The van der Waals surface area contributed by atoms with Crippen molar-refractivity contribution in [2.75, 3.05) is 13.7 Å². The molecule has 0 radical (unpaired) electrons. The molecular formula is C26H28N2O4S. The highest BCUT2D eigenvalue weighted by Gasteiger charge is 2.29. The molecule has 3 aromatic carbocycles. The molecule has 0 fully saturated rings. The van der Waals surface area contributed by atoms with Gasteiger partial charge in [-0.05, 0) is 60.2 Å². The molecule has 0 spiro atoms. The number of hydrogen-bond donors (Lipinski definition) is 1. The summed E-state index contributed by atoms with van der Waals surface area (Å²) < 4.78 is 33.3. The third kappa shape index (κ3) is 5.43. The fourth-order valence-electron chi connectivity index (χ4n) is 4.21. The maximum atomic E-state index is 13.5. The van der Waals surface area contributed by atoms with Crippen LogP contribution < -0.4 is 10.1 Å². The lowest BCUT2D eigenvalue weighted by atomic mass is 9.88. The van der Waals surface area contributed by atoms with Crippen LogP contribution in [-0.4, -0.2) is 32.3 Å². The Morgan fingerprint density at radius 1 is 1.00 bits per heavy atom. The molecule has 0 unspecified atom stereocenters. The van der Waals surface area contributed by atoms with Crippen LogP contribution in [0.15, 0.2) is 83.8 Å². The van der Waals surface area contributed by atoms with Crippen molar-refractivity contribution in [1.82, 2.24) is 9.62 Å². The van der Waals surface area contributed by atoms with Crippen LogP contribution in [0.5, 0.6) is 5.75 Å². The summed E-state index contributed by atoms with van der Waals surface area (Å²) in [7, 11) is -2.38. The van der Waals surface area contributed by atoms with E-state index in [9.17, 15) is 13.2 Å². The minimum absolute atomic E-state index is 0.101. The van der Waals surface area contributed by atoms with Gasteiger partial charge >= 0.3 is 0 Å². The zero-order valence-corrected chi connectivity index (χ0v) is 19.4. The van der Waals surface area contributed by atoms with Gasteiger partial charge in [-0.25, -0.2) is 8.42 Å². The molecule has 1 aliphatic rings. The molecule has 4 rings (SSSR count). The number of methoxy groups -OCH3 is 1. The van der Waals surface area contributed by atoms with Crippen molar-refractivity contribution in [2.24, 2.45) is 0 Å². The Morgan fingerprint density at radius 3 is 2.42 bits per heavy atom. The first-order valence-corrected chi connectivity index (χ1v) is 12.5. The lowest BCUT2D eigenvalue weighted by Gasteiger charge is -2.28. The Hall–Kier alpha value is -3.16. The smallest absolute Gasteiger partial charge is 0.243 e. The third-order valence-electron chi connectivity index (χ3n) is 5.92. The maximum absolute atomic E-state index is 13.5. The molecule has 172 valence electrons. The highest BCUT2D eigenvalue weighted by molar-refractivity contribution is 7.89. The van der Waals surface area contributed by atoms with Crippen LogP contribution >= 0.6 is 0 Å². The predicted molar refractivity (Wildman–Crippen MR) is 127 cm³/mol. The predicted octanol–water partition coefficient (Wildman–Crippen LogP) is 4.08. The van der Waals surface area contributed by atoms with Gasteiger partial charge in [-0.3, -0.25) is 4.79 Å². The average Bonchev–Trinajstić information content (AvgIpc) is 2.84. The van der Waals surface area contributed by atoms with Crippen LogP contribution in [0.1, 0.15) is 35.6 Å². The van der Waals surface area contributed by atoms with E-state index >= 15 is 0 Å². The third-order valence-corrected chi connectivity index (χ3v) is 7.73. The number of nitrogens with zero attached hydrogens (tertiary/aromatic N) is 1. The van der Waals surface area contributed by atoms with Gasteiger partial charge < -0.3 is 10.1 Å². The lowest BCUT2D eigenvalue weighted by molar-refractivity contribution is -0.122. The van der Waals surface area contributed by atoms with Crippen LogP contribution in [0.3, 0.4) is 0 Å². The molecule has 33 heavy (non-hydrogen) atoms. The lowest BCUT2D eigenvalue weighted by Crippen LogP contribution is -2.42. The van der Waals surface area contributed by atoms with E-state index < -0.39 is 10.0 Å². The molecule has 0 saturated heterocycles. The molecule has 1 amide bonds. The van der Waals surface area contributed by atoms with Crippen molar-refractivity contribution in [3.63, 3.8) is 0 Å². The number of hydrogen-bond acceptors (Lipinski definition) is 4. The van der Waals surface area contributed by atoms with Crippen LogP contribution in [0.25, 0.3) is 0 Å². The summed E-state index contributed by atoms with van der Waals surface area (Å²) in [6.45, 7) is -0.161. The number of nitrogens with one attached hydrogen (secondary N) is 1. The molecule has 0 bridgehead atoms. The Kier molecular flexibility index (Phi) is 7.11. The Bertz CT molecular complexity index is 1190. The molecule has 1 atom stereocenters. The number of carbonyl (C=O) groups excluding carboxylic acids is 1. The van der Waals surface area contributed by atoms with E-state index in [0.717, 1.165) is 30.4 Å². The van der Waals surface area contributed by atoms with Gasteiger partial charge in [0.2, 0.25) is 15.9 Å². The zero-order chi connectivity index (χ0) is 23.3. The van der Waals surface area contributed by atoms with E-state index in [1.165, 1.54) is 29.1 Å². The van der Waals surface area contributed by atoms with Crippen molar-refractivity contribution in [1.29, 1.82) is 0 Å². The van der Waals surface area contributed by atoms with Gasteiger partial charge in [-0.1, -0.05) is 54.6 Å². The highest BCUT2D eigenvalue weighted by Crippen LogP contribution is 2.29. The Balaban J connectivity index is 1.56. The summed E-state index contributed by atoms with van der Waals surface area (Å²) in [6, 6.07) is 23.5. The van der Waals surface area contributed by atoms with Gasteiger partial charge in [0.25, 0.3) is 0 Å². The summed E-state index contributed by atoms with van der Waals surface area (Å²) in [5.74, 6) is 0.252. The standard InChI is InChI=1S/C26H28N2O4S/c1-32-22-14-16-23(17-15-22)33(30,31)28(18-20-8-3-2-4-9-20)19-26(29)27-25-13-7-11-21-10-5-6-12-24(21)25/h2-6,8-10,12,14-17,25H,7,11,13,18-19H2,1H3,(H,27,29)/t25-/m0/s1. The molecule has 3 aromatic rings. The van der Waals surface area contributed by atoms with Crippen molar-refractivity contribution in [3.8, 4) is 5.75 Å². The van der Waals surface area contributed by atoms with Crippen molar-refractivity contribution < 1.29 is 17.9 Å². The molecule has 0 aliphatic heterocycles. The number of amides is 1. The number of fused-ring (bicyclic) bond motifs is 1. The fraction of sp³-hybridized carbons (Fsp3) is 0.269. The number of ether oxygens (including phenoxy) is 1. The summed E-state index contributed by atoms with van der Waals surface area (Å²) in [6.07, 6.45) is 2.82. The average molecular weight is 465 g/mol. The number of rotatable bonds is 8. The number of aryl methyl sites for hydroxylation is 1. The second-order valence-electron chi connectivity index (χ2n) is 8.15. The summed E-state index contributed by atoms with van der Waals surface area (Å²) >= 11 is 0. The van der Waals surface area contributed by atoms with Crippen LogP contribution in [0.4, 0.5) is 0 Å². The molecule has 6 nitrogen and oxygen atoms in total. The molecule has 0 aromatic heterocycles. The van der Waals surface area contributed by atoms with Gasteiger partial charge in [0.1, 0.15) is 5.75 Å².